The molecule has 1 unspecified atom stereocenters. The number of ether oxygens (including phenoxy) is 3. The summed E-state index contributed by atoms with van der Waals surface area (Å²) in [6, 6.07) is 0. The Morgan fingerprint density at radius 3 is 0.857 bits per heavy atom. The molecule has 0 spiro atoms. The molecular formula is C64H114O6. The lowest BCUT2D eigenvalue weighted by Crippen LogP contribution is -2.30. The number of allylic oxidation sites excluding steroid dienone is 10. The van der Waals surface area contributed by atoms with Crippen LogP contribution in [0.5, 0.6) is 0 Å². The predicted molar refractivity (Wildman–Crippen MR) is 302 cm³/mol. The molecule has 406 valence electrons. The highest BCUT2D eigenvalue weighted by Gasteiger charge is 2.19. The molecule has 0 bridgehead atoms. The maximum absolute atomic E-state index is 12.8. The van der Waals surface area contributed by atoms with Crippen LogP contribution in [0.15, 0.2) is 60.8 Å². The Morgan fingerprint density at radius 2 is 0.514 bits per heavy atom. The van der Waals surface area contributed by atoms with E-state index in [-0.39, 0.29) is 31.1 Å². The van der Waals surface area contributed by atoms with Crippen molar-refractivity contribution in [3.05, 3.63) is 60.8 Å². The minimum atomic E-state index is -0.781. The van der Waals surface area contributed by atoms with Crippen LogP contribution in [0.4, 0.5) is 0 Å². The number of hydrogen-bond acceptors (Lipinski definition) is 6. The van der Waals surface area contributed by atoms with Gasteiger partial charge in [-0.25, -0.2) is 0 Å². The molecule has 0 aliphatic heterocycles. The molecule has 1 atom stereocenters. The van der Waals surface area contributed by atoms with Crippen LogP contribution in [0.25, 0.3) is 0 Å². The van der Waals surface area contributed by atoms with Gasteiger partial charge in [0.25, 0.3) is 0 Å². The zero-order valence-corrected chi connectivity index (χ0v) is 46.5. The van der Waals surface area contributed by atoms with E-state index in [4.69, 9.17) is 14.2 Å². The average Bonchev–Trinajstić information content (AvgIpc) is 3.36. The summed E-state index contributed by atoms with van der Waals surface area (Å²) in [5.74, 6) is -0.889. The van der Waals surface area contributed by atoms with Gasteiger partial charge in [-0.1, -0.05) is 242 Å². The maximum atomic E-state index is 12.8. The third-order valence-corrected chi connectivity index (χ3v) is 13.2. The molecule has 0 fully saturated rings. The number of rotatable bonds is 55. The van der Waals surface area contributed by atoms with E-state index in [0.29, 0.717) is 19.3 Å². The Labute approximate surface area is 434 Å². The van der Waals surface area contributed by atoms with Crippen LogP contribution in [0.2, 0.25) is 0 Å². The van der Waals surface area contributed by atoms with Crippen molar-refractivity contribution >= 4 is 17.9 Å². The summed E-state index contributed by atoms with van der Waals surface area (Å²) in [5, 5.41) is 0. The average molecular weight is 980 g/mol. The standard InChI is InChI=1S/C64H114O6/c1-4-7-10-13-16-19-22-25-26-27-28-29-30-31-32-33-34-35-36-37-38-40-42-45-48-51-54-57-63(66)69-60-61(59-68-62(65)56-53-50-47-44-41-24-21-18-15-12-9-6-3)70-64(67)58-55-52-49-46-43-39-23-20-17-14-11-8-5-2/h18,20-23,25,27-28,30-31,61H,4-17,19,24,26,29,32-60H2,1-3H3/b21-18-,23-20-,25-22-,28-27-,31-30-. The minimum Gasteiger partial charge on any atom is -0.462 e. The van der Waals surface area contributed by atoms with E-state index in [1.807, 2.05) is 0 Å². The lowest BCUT2D eigenvalue weighted by molar-refractivity contribution is -0.167. The highest BCUT2D eigenvalue weighted by atomic mass is 16.6. The number of carbonyl (C=O) groups is 3. The van der Waals surface area contributed by atoms with Gasteiger partial charge in [0, 0.05) is 19.3 Å². The highest BCUT2D eigenvalue weighted by Crippen LogP contribution is 2.16. The summed E-state index contributed by atoms with van der Waals surface area (Å²) in [4.78, 5) is 38.1. The van der Waals surface area contributed by atoms with Crippen molar-refractivity contribution in [2.24, 2.45) is 0 Å². The third kappa shape index (κ3) is 56.0. The summed E-state index contributed by atoms with van der Waals surface area (Å²) < 4.78 is 16.8. The van der Waals surface area contributed by atoms with Crippen molar-refractivity contribution in [1.82, 2.24) is 0 Å². The first-order valence-electron chi connectivity index (χ1n) is 30.3. The zero-order valence-electron chi connectivity index (χ0n) is 46.5. The second-order valence-electron chi connectivity index (χ2n) is 20.2. The maximum Gasteiger partial charge on any atom is 0.306 e. The molecule has 70 heavy (non-hydrogen) atoms. The van der Waals surface area contributed by atoms with Gasteiger partial charge in [0.2, 0.25) is 0 Å². The van der Waals surface area contributed by atoms with Crippen LogP contribution in [0.1, 0.15) is 310 Å². The molecule has 0 rings (SSSR count). The van der Waals surface area contributed by atoms with Gasteiger partial charge in [-0.2, -0.15) is 0 Å². The highest BCUT2D eigenvalue weighted by molar-refractivity contribution is 5.71. The Kier molecular flexibility index (Phi) is 56.3. The molecule has 0 heterocycles. The van der Waals surface area contributed by atoms with Crippen LogP contribution in [-0.4, -0.2) is 37.2 Å². The van der Waals surface area contributed by atoms with Gasteiger partial charge in [-0.15, -0.1) is 0 Å². The largest absolute Gasteiger partial charge is 0.462 e. The summed E-state index contributed by atoms with van der Waals surface area (Å²) in [6.45, 7) is 6.60. The molecule has 0 amide bonds. The first-order chi connectivity index (χ1) is 34.5. The van der Waals surface area contributed by atoms with Gasteiger partial charge in [0.05, 0.1) is 0 Å². The molecule has 0 saturated carbocycles. The van der Waals surface area contributed by atoms with Crippen molar-refractivity contribution in [1.29, 1.82) is 0 Å². The second kappa shape index (κ2) is 58.7. The number of carbonyl (C=O) groups excluding carboxylic acids is 3. The van der Waals surface area contributed by atoms with E-state index < -0.39 is 6.10 Å². The fraction of sp³-hybridized carbons (Fsp3) is 0.797. The number of esters is 3. The Morgan fingerprint density at radius 1 is 0.286 bits per heavy atom. The van der Waals surface area contributed by atoms with Crippen molar-refractivity contribution in [3.63, 3.8) is 0 Å². The van der Waals surface area contributed by atoms with Gasteiger partial charge >= 0.3 is 17.9 Å². The van der Waals surface area contributed by atoms with E-state index in [2.05, 4.69) is 81.5 Å². The summed E-state index contributed by atoms with van der Waals surface area (Å²) in [6.07, 6.45) is 73.7. The van der Waals surface area contributed by atoms with Crippen molar-refractivity contribution < 1.29 is 28.6 Å². The second-order valence-corrected chi connectivity index (χ2v) is 20.2. The van der Waals surface area contributed by atoms with E-state index >= 15 is 0 Å². The van der Waals surface area contributed by atoms with E-state index in [9.17, 15) is 14.4 Å². The van der Waals surface area contributed by atoms with Gasteiger partial charge in [-0.3, -0.25) is 14.4 Å². The quantitative estimate of drug-likeness (QED) is 0.0261. The topological polar surface area (TPSA) is 78.9 Å². The zero-order chi connectivity index (χ0) is 50.7. The van der Waals surface area contributed by atoms with Gasteiger partial charge in [0.1, 0.15) is 13.2 Å². The molecule has 6 heteroatoms. The first-order valence-corrected chi connectivity index (χ1v) is 30.3. The Balaban J connectivity index is 4.21. The Hall–Kier alpha value is -2.89. The number of hydrogen-bond donors (Lipinski definition) is 0. The minimum absolute atomic E-state index is 0.0796. The van der Waals surface area contributed by atoms with Crippen molar-refractivity contribution in [2.75, 3.05) is 13.2 Å². The van der Waals surface area contributed by atoms with E-state index in [1.165, 1.54) is 180 Å². The molecule has 0 aromatic rings. The van der Waals surface area contributed by atoms with Crippen LogP contribution in [0, 0.1) is 0 Å². The lowest BCUT2D eigenvalue weighted by atomic mass is 10.0. The molecule has 0 N–H and O–H groups in total. The molecular weight excluding hydrogens is 865 g/mol. The molecule has 0 radical (unpaired) electrons. The van der Waals surface area contributed by atoms with Gasteiger partial charge in [-0.05, 0) is 109 Å². The molecule has 0 aliphatic rings. The molecule has 0 aliphatic carbocycles. The lowest BCUT2D eigenvalue weighted by Gasteiger charge is -2.18. The molecule has 0 saturated heterocycles. The monoisotopic (exact) mass is 979 g/mol. The first kappa shape index (κ1) is 67.1. The molecule has 6 nitrogen and oxygen atoms in total. The summed E-state index contributed by atoms with van der Waals surface area (Å²) >= 11 is 0. The Bertz CT molecular complexity index is 1260. The fourth-order valence-electron chi connectivity index (χ4n) is 8.62. The van der Waals surface area contributed by atoms with Crippen LogP contribution < -0.4 is 0 Å². The van der Waals surface area contributed by atoms with Crippen LogP contribution in [0.3, 0.4) is 0 Å². The fourth-order valence-corrected chi connectivity index (χ4v) is 8.62. The molecule has 0 aromatic carbocycles. The normalized spacial score (nSPS) is 12.4. The van der Waals surface area contributed by atoms with Crippen molar-refractivity contribution in [2.45, 2.75) is 316 Å². The van der Waals surface area contributed by atoms with Crippen LogP contribution >= 0.6 is 0 Å². The summed E-state index contributed by atoms with van der Waals surface area (Å²) in [7, 11) is 0. The third-order valence-electron chi connectivity index (χ3n) is 13.2. The van der Waals surface area contributed by atoms with Crippen molar-refractivity contribution in [3.8, 4) is 0 Å². The SMILES string of the molecule is CCCCC/C=C\CCCCCCCC(=O)OCC(COC(=O)CCCCCCCCCCCCCC/C=C\C/C=C\C/C=C\CCCCCCC)OC(=O)CCCCCCC/C=C\CCCCCC. The summed E-state index contributed by atoms with van der Waals surface area (Å²) in [5.41, 5.74) is 0. The smallest absolute Gasteiger partial charge is 0.306 e. The van der Waals surface area contributed by atoms with Gasteiger partial charge in [0.15, 0.2) is 6.10 Å². The molecule has 0 aromatic heterocycles. The van der Waals surface area contributed by atoms with E-state index in [1.54, 1.807) is 0 Å². The number of unbranched alkanes of at least 4 members (excludes halogenated alkanes) is 34. The predicted octanol–water partition coefficient (Wildman–Crippen LogP) is 20.4. The van der Waals surface area contributed by atoms with Gasteiger partial charge < -0.3 is 14.2 Å². The van der Waals surface area contributed by atoms with E-state index in [0.717, 1.165) is 89.9 Å². The van der Waals surface area contributed by atoms with Crippen LogP contribution in [-0.2, 0) is 28.6 Å².